The van der Waals surface area contributed by atoms with E-state index >= 15 is 0 Å². The molecule has 0 bridgehead atoms. The van der Waals surface area contributed by atoms with Crippen LogP contribution in [-0.4, -0.2) is 62.1 Å². The smallest absolute Gasteiger partial charge is 0.193 e. The summed E-state index contributed by atoms with van der Waals surface area (Å²) in [7, 11) is 4.05. The molecule has 0 aromatic rings. The first-order valence-electron chi connectivity index (χ1n) is 7.20. The highest BCUT2D eigenvalue weighted by atomic mass is 15.3. The van der Waals surface area contributed by atoms with Crippen LogP contribution >= 0.6 is 0 Å². The van der Waals surface area contributed by atoms with Gasteiger partial charge in [-0.05, 0) is 39.7 Å². The zero-order chi connectivity index (χ0) is 13.5. The lowest BCUT2D eigenvalue weighted by atomic mass is 10.00. The van der Waals surface area contributed by atoms with E-state index in [2.05, 4.69) is 47.9 Å². The van der Waals surface area contributed by atoms with Gasteiger partial charge in [0, 0.05) is 39.3 Å². The van der Waals surface area contributed by atoms with Gasteiger partial charge in [0.25, 0.3) is 0 Å². The molecule has 1 heterocycles. The summed E-state index contributed by atoms with van der Waals surface area (Å²) >= 11 is 0. The van der Waals surface area contributed by atoms with Crippen LogP contribution in [0.4, 0.5) is 0 Å². The lowest BCUT2D eigenvalue weighted by molar-refractivity contribution is 0.262. The Morgan fingerprint density at radius 1 is 1.39 bits per heavy atom. The molecule has 106 valence electrons. The Bertz CT molecular complexity index is 255. The van der Waals surface area contributed by atoms with Crippen molar-refractivity contribution >= 4 is 5.96 Å². The van der Waals surface area contributed by atoms with Crippen LogP contribution in [0.3, 0.4) is 0 Å². The van der Waals surface area contributed by atoms with E-state index in [0.29, 0.717) is 6.04 Å². The fraction of sp³-hybridized carbons (Fsp3) is 0.929. The lowest BCUT2D eigenvalue weighted by Gasteiger charge is -2.33. The van der Waals surface area contributed by atoms with Gasteiger partial charge in [0.1, 0.15) is 0 Å². The highest BCUT2D eigenvalue weighted by Gasteiger charge is 2.18. The Labute approximate surface area is 112 Å². The van der Waals surface area contributed by atoms with Crippen LogP contribution in [0, 0.1) is 5.92 Å². The second-order valence-electron chi connectivity index (χ2n) is 5.72. The maximum atomic E-state index is 4.39. The van der Waals surface area contributed by atoms with Gasteiger partial charge in [-0.25, -0.2) is 0 Å². The molecule has 0 spiro atoms. The highest BCUT2D eigenvalue weighted by Crippen LogP contribution is 2.15. The molecular weight excluding hydrogens is 224 g/mol. The maximum Gasteiger partial charge on any atom is 0.193 e. The summed E-state index contributed by atoms with van der Waals surface area (Å²) in [5.41, 5.74) is 0. The molecule has 0 saturated carbocycles. The molecule has 4 nitrogen and oxygen atoms in total. The summed E-state index contributed by atoms with van der Waals surface area (Å²) in [6, 6.07) is 0.602. The molecule has 1 rings (SSSR count). The number of likely N-dealkylation sites (tertiary alicyclic amines) is 1. The van der Waals surface area contributed by atoms with E-state index < -0.39 is 0 Å². The third-order valence-electron chi connectivity index (χ3n) is 3.92. The predicted molar refractivity (Wildman–Crippen MR) is 79.1 cm³/mol. The summed E-state index contributed by atoms with van der Waals surface area (Å²) in [5.74, 6) is 1.94. The Kier molecular flexibility index (Phi) is 6.47. The number of likely N-dealkylation sites (N-methyl/N-ethyl adjacent to an activating group) is 1. The van der Waals surface area contributed by atoms with Crippen LogP contribution in [0.5, 0.6) is 0 Å². The minimum Gasteiger partial charge on any atom is -0.355 e. The molecule has 4 heteroatoms. The van der Waals surface area contributed by atoms with E-state index in [9.17, 15) is 0 Å². The zero-order valence-corrected chi connectivity index (χ0v) is 12.7. The molecule has 1 aliphatic rings. The first-order valence-corrected chi connectivity index (χ1v) is 7.20. The van der Waals surface area contributed by atoms with Crippen molar-refractivity contribution in [3.05, 3.63) is 0 Å². The average Bonchev–Trinajstić information content (AvgIpc) is 2.35. The Morgan fingerprint density at radius 3 is 2.50 bits per heavy atom. The fourth-order valence-corrected chi connectivity index (χ4v) is 2.15. The van der Waals surface area contributed by atoms with Gasteiger partial charge in [0.15, 0.2) is 5.96 Å². The van der Waals surface area contributed by atoms with Crippen molar-refractivity contribution in [3.63, 3.8) is 0 Å². The van der Waals surface area contributed by atoms with Crippen LogP contribution in [0.25, 0.3) is 0 Å². The van der Waals surface area contributed by atoms with Gasteiger partial charge in [-0.3, -0.25) is 4.99 Å². The van der Waals surface area contributed by atoms with E-state index in [1.54, 1.807) is 0 Å². The lowest BCUT2D eigenvalue weighted by Crippen LogP contribution is -2.47. The summed E-state index contributed by atoms with van der Waals surface area (Å²) in [6.45, 7) is 11.1. The van der Waals surface area contributed by atoms with Gasteiger partial charge >= 0.3 is 0 Å². The van der Waals surface area contributed by atoms with Gasteiger partial charge < -0.3 is 15.1 Å². The molecule has 0 aromatic heterocycles. The number of piperidine rings is 1. The second kappa shape index (κ2) is 7.62. The molecule has 0 aromatic carbocycles. The van der Waals surface area contributed by atoms with Crippen molar-refractivity contribution in [2.75, 3.05) is 40.3 Å². The first-order chi connectivity index (χ1) is 8.54. The van der Waals surface area contributed by atoms with E-state index in [-0.39, 0.29) is 0 Å². The first kappa shape index (κ1) is 15.3. The third-order valence-corrected chi connectivity index (χ3v) is 3.92. The number of hydrogen-bond donors (Lipinski definition) is 1. The monoisotopic (exact) mass is 254 g/mol. The van der Waals surface area contributed by atoms with Gasteiger partial charge in [-0.1, -0.05) is 6.92 Å². The van der Waals surface area contributed by atoms with E-state index in [0.717, 1.165) is 38.1 Å². The predicted octanol–water partition coefficient (Wildman–Crippen LogP) is 1.63. The Morgan fingerprint density at radius 2 is 2.00 bits per heavy atom. The number of nitrogens with zero attached hydrogens (tertiary/aromatic N) is 3. The number of nitrogens with one attached hydrogen (secondary N) is 1. The van der Waals surface area contributed by atoms with Crippen LogP contribution in [0.15, 0.2) is 4.99 Å². The van der Waals surface area contributed by atoms with Crippen LogP contribution < -0.4 is 5.32 Å². The summed E-state index contributed by atoms with van der Waals surface area (Å²) in [5, 5.41) is 3.47. The van der Waals surface area contributed by atoms with Crippen molar-refractivity contribution < 1.29 is 0 Å². The van der Waals surface area contributed by atoms with E-state index in [1.807, 2.05) is 7.05 Å². The largest absolute Gasteiger partial charge is 0.355 e. The van der Waals surface area contributed by atoms with Crippen molar-refractivity contribution in [2.45, 2.75) is 39.7 Å². The Hall–Kier alpha value is -0.770. The van der Waals surface area contributed by atoms with Crippen LogP contribution in [0.1, 0.15) is 33.6 Å². The third kappa shape index (κ3) is 4.84. The molecular formula is C14H30N4. The average molecular weight is 254 g/mol. The molecule has 0 amide bonds. The molecule has 0 unspecified atom stereocenters. The molecule has 18 heavy (non-hydrogen) atoms. The number of guanidine groups is 1. The van der Waals surface area contributed by atoms with Crippen molar-refractivity contribution in [1.29, 1.82) is 0 Å². The minimum atomic E-state index is 0.602. The highest BCUT2D eigenvalue weighted by molar-refractivity contribution is 5.79. The van der Waals surface area contributed by atoms with Gasteiger partial charge in [-0.2, -0.15) is 0 Å². The van der Waals surface area contributed by atoms with Crippen molar-refractivity contribution in [3.8, 4) is 0 Å². The standard InChI is InChI=1S/C14H30N4/c1-12(2)17(5)11-8-16-14(15-4)18-9-6-13(3)7-10-18/h12-13H,6-11H2,1-5H3,(H,15,16). The maximum absolute atomic E-state index is 4.39. The molecule has 1 N–H and O–H groups in total. The van der Waals surface area contributed by atoms with Gasteiger partial charge in [-0.15, -0.1) is 0 Å². The molecule has 0 radical (unpaired) electrons. The molecule has 1 saturated heterocycles. The van der Waals surface area contributed by atoms with E-state index in [4.69, 9.17) is 0 Å². The van der Waals surface area contributed by atoms with Gasteiger partial charge in [0.05, 0.1) is 0 Å². The summed E-state index contributed by atoms with van der Waals surface area (Å²) in [4.78, 5) is 9.12. The number of aliphatic imine (C=N–C) groups is 1. The quantitative estimate of drug-likeness (QED) is 0.611. The fourth-order valence-electron chi connectivity index (χ4n) is 2.15. The van der Waals surface area contributed by atoms with Crippen LogP contribution in [-0.2, 0) is 0 Å². The van der Waals surface area contributed by atoms with Crippen molar-refractivity contribution in [1.82, 2.24) is 15.1 Å². The molecule has 0 atom stereocenters. The number of rotatable bonds is 4. The van der Waals surface area contributed by atoms with Crippen molar-refractivity contribution in [2.24, 2.45) is 10.9 Å². The van der Waals surface area contributed by atoms with Gasteiger partial charge in [0.2, 0.25) is 0 Å². The zero-order valence-electron chi connectivity index (χ0n) is 12.7. The second-order valence-corrected chi connectivity index (χ2v) is 5.72. The summed E-state index contributed by atoms with van der Waals surface area (Å²) < 4.78 is 0. The normalized spacial score (nSPS) is 18.8. The van der Waals surface area contributed by atoms with Crippen LogP contribution in [0.2, 0.25) is 0 Å². The SMILES string of the molecule is CN=C(NCCN(C)C(C)C)N1CCC(C)CC1. The molecule has 0 aliphatic carbocycles. The molecule has 1 aliphatic heterocycles. The number of hydrogen-bond acceptors (Lipinski definition) is 2. The summed E-state index contributed by atoms with van der Waals surface area (Å²) in [6.07, 6.45) is 2.57. The van der Waals surface area contributed by atoms with E-state index in [1.165, 1.54) is 12.8 Å². The minimum absolute atomic E-state index is 0.602. The molecule has 1 fully saturated rings. The Balaban J connectivity index is 2.30. The topological polar surface area (TPSA) is 30.9 Å².